The molecule has 0 radical (unpaired) electrons. The Kier molecular flexibility index (Phi) is 3.56. The summed E-state index contributed by atoms with van der Waals surface area (Å²) in [7, 11) is 1.65. The summed E-state index contributed by atoms with van der Waals surface area (Å²) in [5, 5.41) is 0. The van der Waals surface area contributed by atoms with E-state index in [0.29, 0.717) is 23.7 Å². The van der Waals surface area contributed by atoms with Crippen LogP contribution >= 0.6 is 0 Å². The third-order valence-electron chi connectivity index (χ3n) is 4.60. The molecule has 4 rings (SSSR count). The highest BCUT2D eigenvalue weighted by molar-refractivity contribution is 5.77. The first kappa shape index (κ1) is 15.4. The average molecular weight is 337 g/mol. The molecule has 2 aromatic heterocycles. The number of para-hydroxylation sites is 1. The van der Waals surface area contributed by atoms with E-state index in [4.69, 9.17) is 0 Å². The van der Waals surface area contributed by atoms with E-state index in [1.165, 1.54) is 9.13 Å². The Morgan fingerprint density at radius 2 is 1.96 bits per heavy atom. The van der Waals surface area contributed by atoms with Crippen LogP contribution in [0, 0.1) is 0 Å². The van der Waals surface area contributed by atoms with E-state index in [-0.39, 0.29) is 17.8 Å². The van der Waals surface area contributed by atoms with E-state index in [9.17, 15) is 9.59 Å². The van der Waals surface area contributed by atoms with Gasteiger partial charge in [0.25, 0.3) is 5.56 Å². The molecule has 0 spiro atoms. The van der Waals surface area contributed by atoms with Crippen molar-refractivity contribution in [3.05, 3.63) is 63.8 Å². The minimum atomic E-state index is -0.376. The van der Waals surface area contributed by atoms with Gasteiger partial charge < -0.3 is 9.47 Å². The Morgan fingerprint density at radius 1 is 1.20 bits per heavy atom. The molecule has 3 aromatic rings. The van der Waals surface area contributed by atoms with Gasteiger partial charge in [-0.05, 0) is 18.6 Å². The molecule has 7 heteroatoms. The van der Waals surface area contributed by atoms with Crippen LogP contribution in [0.3, 0.4) is 0 Å². The fourth-order valence-corrected chi connectivity index (χ4v) is 3.41. The van der Waals surface area contributed by atoms with E-state index in [1.807, 2.05) is 34.9 Å². The topological polar surface area (TPSA) is 65.1 Å². The second-order valence-electron chi connectivity index (χ2n) is 6.12. The molecule has 0 amide bonds. The van der Waals surface area contributed by atoms with Gasteiger partial charge >= 0.3 is 5.69 Å². The lowest BCUT2D eigenvalue weighted by Crippen LogP contribution is -2.39. The van der Waals surface area contributed by atoms with Gasteiger partial charge in [-0.25, -0.2) is 4.79 Å². The number of anilines is 2. The summed E-state index contributed by atoms with van der Waals surface area (Å²) < 4.78 is 4.56. The average Bonchev–Trinajstić information content (AvgIpc) is 3.04. The Bertz CT molecular complexity index is 1070. The van der Waals surface area contributed by atoms with Gasteiger partial charge in [-0.3, -0.25) is 13.9 Å². The molecule has 1 aliphatic heterocycles. The maximum Gasteiger partial charge on any atom is 0.332 e. The Labute approximate surface area is 144 Å². The molecule has 0 unspecified atom stereocenters. The van der Waals surface area contributed by atoms with Crippen molar-refractivity contribution >= 4 is 22.8 Å². The lowest BCUT2D eigenvalue weighted by Gasteiger charge is -2.28. The van der Waals surface area contributed by atoms with Gasteiger partial charge in [-0.2, -0.15) is 4.98 Å². The fourth-order valence-electron chi connectivity index (χ4n) is 3.41. The molecule has 0 saturated heterocycles. The first-order chi connectivity index (χ1) is 12.1. The molecule has 1 aliphatic rings. The molecule has 0 N–H and O–H groups in total. The lowest BCUT2D eigenvalue weighted by molar-refractivity contribution is 0.598. The van der Waals surface area contributed by atoms with Crippen molar-refractivity contribution in [2.75, 3.05) is 11.4 Å². The number of hydrogen-bond acceptors (Lipinski definition) is 4. The van der Waals surface area contributed by atoms with Gasteiger partial charge in [0.1, 0.15) is 0 Å². The lowest BCUT2D eigenvalue weighted by atomic mass is 10.2. The maximum atomic E-state index is 12.9. The zero-order valence-electron chi connectivity index (χ0n) is 14.1. The monoisotopic (exact) mass is 337 g/mol. The summed E-state index contributed by atoms with van der Waals surface area (Å²) in [5.74, 6) is 0.705. The van der Waals surface area contributed by atoms with Crippen LogP contribution in [-0.2, 0) is 20.1 Å². The molecule has 0 aliphatic carbocycles. The maximum absolute atomic E-state index is 12.9. The number of aryl methyl sites for hydroxylation is 2. The van der Waals surface area contributed by atoms with Gasteiger partial charge in [0.05, 0.1) is 0 Å². The van der Waals surface area contributed by atoms with Crippen molar-refractivity contribution in [1.82, 2.24) is 18.7 Å². The Balaban J connectivity index is 2.03. The van der Waals surface area contributed by atoms with Crippen molar-refractivity contribution in [3.63, 3.8) is 0 Å². The summed E-state index contributed by atoms with van der Waals surface area (Å²) in [6.07, 6.45) is 2.45. The highest BCUT2D eigenvalue weighted by Crippen LogP contribution is 2.30. The predicted octanol–water partition coefficient (Wildman–Crippen LogP) is 1.62. The quantitative estimate of drug-likeness (QED) is 0.681. The highest BCUT2D eigenvalue weighted by Gasteiger charge is 2.26. The van der Waals surface area contributed by atoms with Gasteiger partial charge in [0.15, 0.2) is 11.2 Å². The van der Waals surface area contributed by atoms with Crippen LogP contribution in [0.25, 0.3) is 11.2 Å². The van der Waals surface area contributed by atoms with Crippen molar-refractivity contribution < 1.29 is 0 Å². The molecule has 0 atom stereocenters. The van der Waals surface area contributed by atoms with Gasteiger partial charge in [0.2, 0.25) is 5.95 Å². The molecule has 25 heavy (non-hydrogen) atoms. The molecule has 0 fully saturated rings. The van der Waals surface area contributed by atoms with Crippen LogP contribution in [0.5, 0.6) is 0 Å². The largest absolute Gasteiger partial charge is 0.332 e. The standard InChI is InChI=1S/C18H19N5O2/c1-3-10-23-16(24)14-15(20(2)18(23)25)19-17-21(11-7-12-22(14)17)13-8-5-4-6-9-13/h3-6,8-9H,1,7,10-12H2,2H3. The van der Waals surface area contributed by atoms with Gasteiger partial charge in [-0.1, -0.05) is 24.3 Å². The predicted molar refractivity (Wildman–Crippen MR) is 97.5 cm³/mol. The smallest absolute Gasteiger partial charge is 0.312 e. The van der Waals surface area contributed by atoms with Crippen molar-refractivity contribution in [2.24, 2.45) is 7.05 Å². The number of benzene rings is 1. The Morgan fingerprint density at radius 3 is 2.68 bits per heavy atom. The SMILES string of the molecule is C=CCn1c(=O)c2c(nc3n2CCCN3c2ccccc2)n(C)c1=O. The second-order valence-corrected chi connectivity index (χ2v) is 6.12. The number of rotatable bonds is 3. The zero-order valence-corrected chi connectivity index (χ0v) is 14.1. The van der Waals surface area contributed by atoms with Gasteiger partial charge in [-0.15, -0.1) is 6.58 Å². The summed E-state index contributed by atoms with van der Waals surface area (Å²) in [4.78, 5) is 32.1. The van der Waals surface area contributed by atoms with Crippen LogP contribution in [-0.4, -0.2) is 25.2 Å². The number of aromatic nitrogens is 4. The first-order valence-electron chi connectivity index (χ1n) is 8.27. The second kappa shape index (κ2) is 5.77. The molecule has 0 saturated carbocycles. The molecule has 3 heterocycles. The van der Waals surface area contributed by atoms with Crippen molar-refractivity contribution in [1.29, 1.82) is 0 Å². The van der Waals surface area contributed by atoms with E-state index in [2.05, 4.69) is 16.5 Å². The van der Waals surface area contributed by atoms with Gasteiger partial charge in [0, 0.05) is 32.4 Å². The van der Waals surface area contributed by atoms with Crippen LogP contribution in [0.15, 0.2) is 52.6 Å². The summed E-state index contributed by atoms with van der Waals surface area (Å²) >= 11 is 0. The molecule has 1 aromatic carbocycles. The van der Waals surface area contributed by atoms with E-state index in [1.54, 1.807) is 13.1 Å². The Hall–Kier alpha value is -3.09. The van der Waals surface area contributed by atoms with E-state index in [0.717, 1.165) is 18.7 Å². The minimum absolute atomic E-state index is 0.185. The fraction of sp³-hybridized carbons (Fsp3) is 0.278. The molecular weight excluding hydrogens is 318 g/mol. The normalized spacial score (nSPS) is 13.9. The number of nitrogens with zero attached hydrogens (tertiary/aromatic N) is 5. The molecule has 128 valence electrons. The van der Waals surface area contributed by atoms with Crippen molar-refractivity contribution in [3.8, 4) is 0 Å². The summed E-state index contributed by atoms with van der Waals surface area (Å²) in [5.41, 5.74) is 1.23. The van der Waals surface area contributed by atoms with Crippen LogP contribution < -0.4 is 16.1 Å². The third kappa shape index (κ3) is 2.23. The van der Waals surface area contributed by atoms with Crippen LogP contribution in [0.2, 0.25) is 0 Å². The molecule has 7 nitrogen and oxygen atoms in total. The first-order valence-corrected chi connectivity index (χ1v) is 8.27. The highest BCUT2D eigenvalue weighted by atomic mass is 16.2. The number of allylic oxidation sites excluding steroid dienone is 1. The van der Waals surface area contributed by atoms with Crippen LogP contribution in [0.1, 0.15) is 6.42 Å². The summed E-state index contributed by atoms with van der Waals surface area (Å²) in [6, 6.07) is 9.95. The minimum Gasteiger partial charge on any atom is -0.312 e. The van der Waals surface area contributed by atoms with E-state index >= 15 is 0 Å². The third-order valence-corrected chi connectivity index (χ3v) is 4.60. The van der Waals surface area contributed by atoms with Crippen LogP contribution in [0.4, 0.5) is 11.6 Å². The number of fused-ring (bicyclic) bond motifs is 3. The zero-order chi connectivity index (χ0) is 17.6. The number of imidazole rings is 1. The number of hydrogen-bond donors (Lipinski definition) is 0. The van der Waals surface area contributed by atoms with Crippen molar-refractivity contribution in [2.45, 2.75) is 19.5 Å². The molecule has 0 bridgehead atoms. The summed E-state index contributed by atoms with van der Waals surface area (Å²) in [6.45, 7) is 5.35. The molecular formula is C18H19N5O2. The van der Waals surface area contributed by atoms with E-state index < -0.39 is 0 Å².